The summed E-state index contributed by atoms with van der Waals surface area (Å²) in [6.45, 7) is 5.49. The minimum atomic E-state index is 0.613. The van der Waals surface area contributed by atoms with Crippen molar-refractivity contribution in [2.75, 3.05) is 13.7 Å². The van der Waals surface area contributed by atoms with Crippen molar-refractivity contribution in [1.29, 1.82) is 0 Å². The molecule has 2 rings (SSSR count). The van der Waals surface area contributed by atoms with Gasteiger partial charge in [0.25, 0.3) is 0 Å². The number of hydrogen-bond donors (Lipinski definition) is 1. The zero-order valence-electron chi connectivity index (χ0n) is 11.4. The molecule has 1 N–H and O–H groups in total. The van der Waals surface area contributed by atoms with Crippen molar-refractivity contribution in [2.45, 2.75) is 33.2 Å². The number of ether oxygens (including phenoxy) is 1. The molecule has 0 unspecified atom stereocenters. The number of aromatic nitrogens is 4. The highest BCUT2D eigenvalue weighted by atomic mass is 32.1. The lowest BCUT2D eigenvalue weighted by atomic mass is 10.2. The van der Waals surface area contributed by atoms with Crippen molar-refractivity contribution in [2.24, 2.45) is 0 Å². The van der Waals surface area contributed by atoms with Crippen LogP contribution in [0.15, 0.2) is 0 Å². The van der Waals surface area contributed by atoms with E-state index in [9.17, 15) is 0 Å². The first-order valence-corrected chi connectivity index (χ1v) is 7.50. The molecule has 19 heavy (non-hydrogen) atoms. The van der Waals surface area contributed by atoms with E-state index >= 15 is 0 Å². The molecule has 2 heterocycles. The van der Waals surface area contributed by atoms with Gasteiger partial charge in [0.2, 0.25) is 0 Å². The summed E-state index contributed by atoms with van der Waals surface area (Å²) >= 11 is 6.94. The third kappa shape index (κ3) is 3.10. The van der Waals surface area contributed by atoms with Gasteiger partial charge in [-0.1, -0.05) is 13.3 Å². The van der Waals surface area contributed by atoms with E-state index in [1.54, 1.807) is 18.4 Å². The van der Waals surface area contributed by atoms with Gasteiger partial charge in [-0.15, -0.1) is 11.3 Å². The van der Waals surface area contributed by atoms with E-state index in [0.29, 0.717) is 17.9 Å². The van der Waals surface area contributed by atoms with Crippen LogP contribution in [-0.4, -0.2) is 33.5 Å². The van der Waals surface area contributed by atoms with Crippen LogP contribution >= 0.6 is 23.6 Å². The van der Waals surface area contributed by atoms with Crippen LogP contribution in [0.2, 0.25) is 0 Å². The number of rotatable bonds is 6. The summed E-state index contributed by atoms with van der Waals surface area (Å²) in [6, 6.07) is 0. The van der Waals surface area contributed by atoms with Crippen molar-refractivity contribution in [3.8, 4) is 10.7 Å². The van der Waals surface area contributed by atoms with Crippen molar-refractivity contribution >= 4 is 23.6 Å². The van der Waals surface area contributed by atoms with Crippen LogP contribution in [0.25, 0.3) is 10.7 Å². The van der Waals surface area contributed by atoms with E-state index < -0.39 is 0 Å². The molecule has 0 fully saturated rings. The molecule has 0 atom stereocenters. The molecule has 0 radical (unpaired) electrons. The van der Waals surface area contributed by atoms with Gasteiger partial charge in [0.15, 0.2) is 10.6 Å². The number of methoxy groups -OCH3 is 1. The monoisotopic (exact) mass is 298 g/mol. The standard InChI is InChI=1S/C12H18N4OS2/c1-4-5-9-10(19-8(2)13-9)11-14-15-12(18)16(11)6-7-17-3/h4-7H2,1-3H3,(H,15,18). The topological polar surface area (TPSA) is 55.7 Å². The molecule has 0 bridgehead atoms. The summed E-state index contributed by atoms with van der Waals surface area (Å²) in [5, 5.41) is 8.28. The highest BCUT2D eigenvalue weighted by Gasteiger charge is 2.16. The summed E-state index contributed by atoms with van der Waals surface area (Å²) < 4.78 is 7.73. The third-order valence-electron chi connectivity index (χ3n) is 2.77. The first kappa shape index (κ1) is 14.4. The summed E-state index contributed by atoms with van der Waals surface area (Å²) in [7, 11) is 1.68. The van der Waals surface area contributed by atoms with E-state index in [0.717, 1.165) is 34.2 Å². The maximum absolute atomic E-state index is 5.27. The Kier molecular flexibility index (Phi) is 4.84. The molecular formula is C12H18N4OS2. The number of nitrogens with one attached hydrogen (secondary N) is 1. The van der Waals surface area contributed by atoms with Gasteiger partial charge in [-0.3, -0.25) is 9.67 Å². The molecule has 0 aliphatic heterocycles. The lowest BCUT2D eigenvalue weighted by Gasteiger charge is -2.05. The fourth-order valence-electron chi connectivity index (χ4n) is 1.93. The second kappa shape index (κ2) is 6.40. The Balaban J connectivity index is 2.43. The zero-order valence-corrected chi connectivity index (χ0v) is 13.0. The van der Waals surface area contributed by atoms with Crippen LogP contribution in [0.5, 0.6) is 0 Å². The van der Waals surface area contributed by atoms with Gasteiger partial charge in [-0.2, -0.15) is 5.10 Å². The Hall–Kier alpha value is -1.05. The van der Waals surface area contributed by atoms with Crippen molar-refractivity contribution in [3.05, 3.63) is 15.5 Å². The number of H-pyrrole nitrogens is 1. The molecular weight excluding hydrogens is 280 g/mol. The van der Waals surface area contributed by atoms with E-state index in [2.05, 4.69) is 22.1 Å². The second-order valence-electron chi connectivity index (χ2n) is 4.26. The molecule has 0 spiro atoms. The van der Waals surface area contributed by atoms with Crippen LogP contribution in [-0.2, 0) is 17.7 Å². The number of thiazole rings is 1. The summed E-state index contributed by atoms with van der Waals surface area (Å²) in [4.78, 5) is 5.71. The molecule has 5 nitrogen and oxygen atoms in total. The Morgan fingerprint density at radius 3 is 2.95 bits per heavy atom. The summed E-state index contributed by atoms with van der Waals surface area (Å²) in [6.07, 6.45) is 2.03. The van der Waals surface area contributed by atoms with Crippen LogP contribution in [0.4, 0.5) is 0 Å². The lowest BCUT2D eigenvalue weighted by Crippen LogP contribution is -2.06. The number of nitrogens with zero attached hydrogens (tertiary/aromatic N) is 3. The quantitative estimate of drug-likeness (QED) is 0.833. The minimum Gasteiger partial charge on any atom is -0.383 e. The number of aryl methyl sites for hydroxylation is 2. The van der Waals surface area contributed by atoms with Crippen LogP contribution in [0.3, 0.4) is 0 Å². The van der Waals surface area contributed by atoms with Crippen LogP contribution in [0, 0.1) is 11.7 Å². The van der Waals surface area contributed by atoms with Crippen molar-refractivity contribution < 1.29 is 4.74 Å². The van der Waals surface area contributed by atoms with Crippen LogP contribution in [0.1, 0.15) is 24.0 Å². The molecule has 0 aromatic carbocycles. The molecule has 104 valence electrons. The molecule has 2 aromatic heterocycles. The summed E-state index contributed by atoms with van der Waals surface area (Å²) in [5.41, 5.74) is 1.11. The van der Waals surface area contributed by atoms with E-state index in [1.807, 2.05) is 11.5 Å². The predicted octanol–water partition coefficient (Wildman–Crippen LogP) is 2.97. The SMILES string of the molecule is CCCc1nc(C)sc1-c1n[nH]c(=S)n1CCOC. The first-order chi connectivity index (χ1) is 9.17. The van der Waals surface area contributed by atoms with E-state index in [1.165, 1.54) is 0 Å². The fraction of sp³-hybridized carbons (Fsp3) is 0.583. The van der Waals surface area contributed by atoms with E-state index in [4.69, 9.17) is 17.0 Å². The molecule has 2 aromatic rings. The van der Waals surface area contributed by atoms with Gasteiger partial charge in [-0.25, -0.2) is 4.98 Å². The first-order valence-electron chi connectivity index (χ1n) is 6.28. The largest absolute Gasteiger partial charge is 0.383 e. The van der Waals surface area contributed by atoms with E-state index in [-0.39, 0.29) is 0 Å². The van der Waals surface area contributed by atoms with Gasteiger partial charge in [0.1, 0.15) is 0 Å². The average Bonchev–Trinajstić information content (AvgIpc) is 2.91. The Labute approximate surface area is 121 Å². The average molecular weight is 298 g/mol. The summed E-state index contributed by atoms with van der Waals surface area (Å²) in [5.74, 6) is 0.871. The maximum atomic E-state index is 5.27. The van der Waals surface area contributed by atoms with Gasteiger partial charge in [-0.05, 0) is 25.6 Å². The maximum Gasteiger partial charge on any atom is 0.195 e. The smallest absolute Gasteiger partial charge is 0.195 e. The third-order valence-corrected chi connectivity index (χ3v) is 4.09. The highest BCUT2D eigenvalue weighted by molar-refractivity contribution is 7.71. The second-order valence-corrected chi connectivity index (χ2v) is 5.85. The van der Waals surface area contributed by atoms with Gasteiger partial charge in [0, 0.05) is 7.11 Å². The number of aromatic amines is 1. The highest BCUT2D eigenvalue weighted by Crippen LogP contribution is 2.29. The normalized spacial score (nSPS) is 11.1. The van der Waals surface area contributed by atoms with Crippen molar-refractivity contribution in [3.63, 3.8) is 0 Å². The lowest BCUT2D eigenvalue weighted by molar-refractivity contribution is 0.187. The minimum absolute atomic E-state index is 0.613. The molecule has 0 aliphatic rings. The van der Waals surface area contributed by atoms with Gasteiger partial charge in [0.05, 0.1) is 28.7 Å². The predicted molar refractivity (Wildman–Crippen MR) is 79.1 cm³/mol. The van der Waals surface area contributed by atoms with Crippen molar-refractivity contribution in [1.82, 2.24) is 19.7 Å². The Bertz CT molecular complexity index is 599. The molecule has 7 heteroatoms. The fourth-order valence-corrected chi connectivity index (χ4v) is 3.12. The van der Waals surface area contributed by atoms with Gasteiger partial charge >= 0.3 is 0 Å². The van der Waals surface area contributed by atoms with Crippen LogP contribution < -0.4 is 0 Å². The molecule has 0 saturated heterocycles. The molecule has 0 saturated carbocycles. The number of hydrogen-bond acceptors (Lipinski definition) is 5. The zero-order chi connectivity index (χ0) is 13.8. The van der Waals surface area contributed by atoms with Gasteiger partial charge < -0.3 is 4.74 Å². The molecule has 0 amide bonds. The Morgan fingerprint density at radius 2 is 2.26 bits per heavy atom. The molecule has 0 aliphatic carbocycles. The Morgan fingerprint density at radius 1 is 1.47 bits per heavy atom.